The topological polar surface area (TPSA) is 52.0 Å². The number of pyridine rings is 1. The maximum absolute atomic E-state index is 6.03. The molecule has 0 spiro atoms. The number of hydrogen-bond donors (Lipinski definition) is 1. The van der Waals surface area contributed by atoms with Gasteiger partial charge in [-0.2, -0.15) is 0 Å². The highest BCUT2D eigenvalue weighted by Crippen LogP contribution is 2.36. The summed E-state index contributed by atoms with van der Waals surface area (Å²) in [4.78, 5) is 4.21. The van der Waals surface area contributed by atoms with Crippen LogP contribution >= 0.6 is 23.4 Å². The van der Waals surface area contributed by atoms with Gasteiger partial charge >= 0.3 is 0 Å². The summed E-state index contributed by atoms with van der Waals surface area (Å²) >= 11 is 7.54. The predicted octanol–water partition coefficient (Wildman–Crippen LogP) is 3.12. The van der Waals surface area contributed by atoms with Crippen molar-refractivity contribution in [3.63, 3.8) is 0 Å². The van der Waals surface area contributed by atoms with Gasteiger partial charge in [-0.3, -0.25) is 0 Å². The molecule has 0 radical (unpaired) electrons. The number of aromatic nitrogens is 1. The van der Waals surface area contributed by atoms with Crippen LogP contribution < -0.4 is 5.73 Å². The zero-order valence-corrected chi connectivity index (χ0v) is 10.0. The van der Waals surface area contributed by atoms with Crippen LogP contribution in [0.3, 0.4) is 0 Å². The van der Waals surface area contributed by atoms with Crippen molar-refractivity contribution >= 4 is 23.4 Å². The first kappa shape index (κ1) is 11.5. The Balaban J connectivity index is 2.17. The quantitative estimate of drug-likeness (QED) is 0.852. The highest BCUT2D eigenvalue weighted by Gasteiger charge is 2.16. The van der Waals surface area contributed by atoms with E-state index in [1.165, 1.54) is 11.8 Å². The zero-order valence-electron chi connectivity index (χ0n) is 8.47. The smallest absolute Gasteiger partial charge is 0.118 e. The Hall–Kier alpha value is -0.970. The number of hydrogen-bond acceptors (Lipinski definition) is 4. The molecule has 3 nitrogen and oxygen atoms in total. The van der Waals surface area contributed by atoms with Crippen LogP contribution in [-0.4, -0.2) is 11.5 Å². The second-order valence-corrected chi connectivity index (χ2v) is 4.75. The Kier molecular flexibility index (Phi) is 3.88. The standard InChI is InChI=1S/C11H11ClN2OS/c12-8-3-1-5-14-11(8)16-10(7-13)9-4-2-6-15-9/h1-6,10H,7,13H2. The lowest BCUT2D eigenvalue weighted by Crippen LogP contribution is -2.08. The molecule has 0 aliphatic heterocycles. The lowest BCUT2D eigenvalue weighted by molar-refractivity contribution is 0.507. The summed E-state index contributed by atoms with van der Waals surface area (Å²) in [6.45, 7) is 0.477. The summed E-state index contributed by atoms with van der Waals surface area (Å²) in [6.07, 6.45) is 3.35. The monoisotopic (exact) mass is 254 g/mol. The Morgan fingerprint density at radius 2 is 2.31 bits per heavy atom. The number of nitrogens with zero attached hydrogens (tertiary/aromatic N) is 1. The molecule has 0 aliphatic carbocycles. The summed E-state index contributed by atoms with van der Waals surface area (Å²) in [5, 5.41) is 1.45. The van der Waals surface area contributed by atoms with Crippen LogP contribution in [0.5, 0.6) is 0 Å². The normalized spacial score (nSPS) is 12.6. The van der Waals surface area contributed by atoms with Gasteiger partial charge in [0.25, 0.3) is 0 Å². The Bertz CT molecular complexity index is 447. The summed E-state index contributed by atoms with van der Waals surface area (Å²) in [7, 11) is 0. The molecule has 1 atom stereocenters. The van der Waals surface area contributed by atoms with Crippen molar-refractivity contribution < 1.29 is 4.42 Å². The molecule has 1 unspecified atom stereocenters. The van der Waals surface area contributed by atoms with Crippen molar-refractivity contribution in [3.05, 3.63) is 47.5 Å². The molecule has 0 aliphatic rings. The fourth-order valence-electron chi connectivity index (χ4n) is 1.29. The first-order chi connectivity index (χ1) is 7.81. The maximum atomic E-state index is 6.03. The SMILES string of the molecule is NCC(Sc1ncccc1Cl)c1ccco1. The highest BCUT2D eigenvalue weighted by molar-refractivity contribution is 7.99. The number of furan rings is 1. The van der Waals surface area contributed by atoms with Crippen LogP contribution in [0, 0.1) is 0 Å². The van der Waals surface area contributed by atoms with E-state index in [4.69, 9.17) is 21.8 Å². The number of thioether (sulfide) groups is 1. The van der Waals surface area contributed by atoms with Gasteiger partial charge in [0.2, 0.25) is 0 Å². The van der Waals surface area contributed by atoms with Gasteiger partial charge < -0.3 is 10.2 Å². The third-order valence-corrected chi connectivity index (χ3v) is 3.73. The van der Waals surface area contributed by atoms with Crippen molar-refractivity contribution in [2.24, 2.45) is 5.73 Å². The first-order valence-corrected chi connectivity index (χ1v) is 6.07. The number of nitrogens with two attached hydrogens (primary N) is 1. The average molecular weight is 255 g/mol. The van der Waals surface area contributed by atoms with Gasteiger partial charge in [-0.05, 0) is 24.3 Å². The molecule has 0 fully saturated rings. The minimum Gasteiger partial charge on any atom is -0.468 e. The van der Waals surface area contributed by atoms with E-state index in [0.29, 0.717) is 11.6 Å². The molecule has 2 aromatic rings. The summed E-state index contributed by atoms with van der Waals surface area (Å²) < 4.78 is 5.33. The lowest BCUT2D eigenvalue weighted by Gasteiger charge is -2.11. The molecule has 0 aromatic carbocycles. The van der Waals surface area contributed by atoms with E-state index in [1.807, 2.05) is 18.2 Å². The number of rotatable bonds is 4. The predicted molar refractivity (Wildman–Crippen MR) is 65.6 cm³/mol. The van der Waals surface area contributed by atoms with Gasteiger partial charge in [-0.25, -0.2) is 4.98 Å². The van der Waals surface area contributed by atoms with E-state index in [9.17, 15) is 0 Å². The molecule has 2 aromatic heterocycles. The lowest BCUT2D eigenvalue weighted by atomic mass is 10.3. The summed E-state index contributed by atoms with van der Waals surface area (Å²) in [6, 6.07) is 7.36. The largest absolute Gasteiger partial charge is 0.468 e. The minimum absolute atomic E-state index is 0.0439. The summed E-state index contributed by atoms with van der Waals surface area (Å²) in [5.74, 6) is 0.842. The van der Waals surface area contributed by atoms with Gasteiger partial charge in [-0.15, -0.1) is 0 Å². The first-order valence-electron chi connectivity index (χ1n) is 4.82. The van der Waals surface area contributed by atoms with Crippen LogP contribution in [0.15, 0.2) is 46.2 Å². The van der Waals surface area contributed by atoms with Crippen LogP contribution in [0.2, 0.25) is 5.02 Å². The molecule has 0 saturated carbocycles. The molecular weight excluding hydrogens is 244 g/mol. The molecule has 84 valence electrons. The van der Waals surface area contributed by atoms with Crippen molar-refractivity contribution in [3.8, 4) is 0 Å². The molecule has 2 rings (SSSR count). The van der Waals surface area contributed by atoms with Crippen LogP contribution in [-0.2, 0) is 0 Å². The molecule has 2 heterocycles. The average Bonchev–Trinajstić information content (AvgIpc) is 2.81. The Morgan fingerprint density at radius 3 is 2.94 bits per heavy atom. The van der Waals surface area contributed by atoms with E-state index in [2.05, 4.69) is 4.98 Å². The van der Waals surface area contributed by atoms with E-state index in [-0.39, 0.29) is 5.25 Å². The van der Waals surface area contributed by atoms with Gasteiger partial charge in [0.15, 0.2) is 0 Å². The van der Waals surface area contributed by atoms with E-state index < -0.39 is 0 Å². The molecular formula is C11H11ClN2OS. The molecule has 2 N–H and O–H groups in total. The van der Waals surface area contributed by atoms with Crippen LogP contribution in [0.25, 0.3) is 0 Å². The third-order valence-electron chi connectivity index (χ3n) is 2.05. The maximum Gasteiger partial charge on any atom is 0.118 e. The molecule has 16 heavy (non-hydrogen) atoms. The van der Waals surface area contributed by atoms with Gasteiger partial charge in [0, 0.05) is 12.7 Å². The van der Waals surface area contributed by atoms with Crippen molar-refractivity contribution in [1.82, 2.24) is 4.98 Å². The molecule has 0 saturated heterocycles. The van der Waals surface area contributed by atoms with E-state index >= 15 is 0 Å². The van der Waals surface area contributed by atoms with Gasteiger partial charge in [-0.1, -0.05) is 23.4 Å². The van der Waals surface area contributed by atoms with E-state index in [0.717, 1.165) is 10.8 Å². The zero-order chi connectivity index (χ0) is 11.4. The second kappa shape index (κ2) is 5.39. The fourth-order valence-corrected chi connectivity index (χ4v) is 2.46. The van der Waals surface area contributed by atoms with Gasteiger partial charge in [0.05, 0.1) is 16.5 Å². The fraction of sp³-hybridized carbons (Fsp3) is 0.182. The van der Waals surface area contributed by atoms with E-state index in [1.54, 1.807) is 18.5 Å². The third kappa shape index (κ3) is 2.58. The number of halogens is 1. The molecule has 0 amide bonds. The summed E-state index contributed by atoms with van der Waals surface area (Å²) in [5.41, 5.74) is 5.71. The molecule has 0 bridgehead atoms. The Morgan fingerprint density at radius 1 is 1.44 bits per heavy atom. The second-order valence-electron chi connectivity index (χ2n) is 3.15. The van der Waals surface area contributed by atoms with Crippen molar-refractivity contribution in [2.45, 2.75) is 10.3 Å². The molecule has 5 heteroatoms. The highest BCUT2D eigenvalue weighted by atomic mass is 35.5. The van der Waals surface area contributed by atoms with Crippen molar-refractivity contribution in [2.75, 3.05) is 6.54 Å². The van der Waals surface area contributed by atoms with Crippen LogP contribution in [0.1, 0.15) is 11.0 Å². The Labute approximate surface area is 103 Å². The minimum atomic E-state index is 0.0439. The van der Waals surface area contributed by atoms with Gasteiger partial charge in [0.1, 0.15) is 10.8 Å². The van der Waals surface area contributed by atoms with Crippen LogP contribution in [0.4, 0.5) is 0 Å². The van der Waals surface area contributed by atoms with Crippen molar-refractivity contribution in [1.29, 1.82) is 0 Å².